The summed E-state index contributed by atoms with van der Waals surface area (Å²) in [6.45, 7) is 11.1. The molecule has 0 unspecified atom stereocenters. The van der Waals surface area contributed by atoms with E-state index >= 15 is 0 Å². The maximum Gasteiger partial charge on any atom is 0 e. The molecular formula is C46H46B2MoN2O4. The van der Waals surface area contributed by atoms with E-state index in [2.05, 4.69) is 101 Å². The maximum absolute atomic E-state index is 10.2. The fraction of sp³-hybridized carbons (Fsp3) is 0.196. The second-order valence-corrected chi connectivity index (χ2v) is 14.0. The first-order valence-electron chi connectivity index (χ1n) is 18.7. The van der Waals surface area contributed by atoms with Crippen molar-refractivity contribution in [1.29, 1.82) is 0 Å². The number of nitrogens with zero attached hydrogens (tertiary/aromatic N) is 2. The Labute approximate surface area is 339 Å². The zero-order valence-corrected chi connectivity index (χ0v) is 33.1. The predicted octanol–water partition coefficient (Wildman–Crippen LogP) is 6.48. The molecule has 0 aliphatic rings. The molecule has 276 valence electrons. The van der Waals surface area contributed by atoms with E-state index in [-0.39, 0.29) is 21.1 Å². The van der Waals surface area contributed by atoms with E-state index in [1.165, 1.54) is 43.4 Å². The summed E-state index contributed by atoms with van der Waals surface area (Å²) in [7, 11) is -1.54. The summed E-state index contributed by atoms with van der Waals surface area (Å²) in [4.78, 5) is 4.77. The molecule has 0 atom stereocenters. The molecule has 7 aromatic carbocycles. The van der Waals surface area contributed by atoms with E-state index in [1.54, 1.807) is 13.0 Å². The van der Waals surface area contributed by atoms with Gasteiger partial charge in [0.25, 0.3) is 0 Å². The molecule has 0 saturated carbocycles. The summed E-state index contributed by atoms with van der Waals surface area (Å²) < 4.78 is 6.32. The number of aliphatic hydroxyl groups is 1. The number of aliphatic hydroxyl groups excluding tert-OH is 1. The first kappa shape index (κ1) is 40.3. The van der Waals surface area contributed by atoms with Crippen LogP contribution in [0.5, 0.6) is 0 Å². The Balaban J connectivity index is 0.00000514. The van der Waals surface area contributed by atoms with Gasteiger partial charge in [-0.1, -0.05) is 78.9 Å². The molecule has 7 rings (SSSR count). The minimum absolute atomic E-state index is 0. The molecule has 55 heavy (non-hydrogen) atoms. The van der Waals surface area contributed by atoms with Crippen LogP contribution >= 0.6 is 0 Å². The van der Waals surface area contributed by atoms with Gasteiger partial charge in [0.2, 0.25) is 0 Å². The molecule has 0 saturated heterocycles. The van der Waals surface area contributed by atoms with Gasteiger partial charge in [-0.15, -0.1) is 0 Å². The van der Waals surface area contributed by atoms with Gasteiger partial charge in [0.05, 0.1) is 0 Å². The number of hydrogen-bond acceptors (Lipinski definition) is 6. The van der Waals surface area contributed by atoms with Crippen molar-refractivity contribution < 1.29 is 41.0 Å². The van der Waals surface area contributed by atoms with Gasteiger partial charge in [0.15, 0.2) is 0 Å². The molecule has 3 N–H and O–H groups in total. The first-order chi connectivity index (χ1) is 26.5. The molecule has 0 aromatic heterocycles. The van der Waals surface area contributed by atoms with E-state index in [9.17, 15) is 15.2 Å². The van der Waals surface area contributed by atoms with Gasteiger partial charge in [0, 0.05) is 21.1 Å². The topological polar surface area (TPSA) is 76.4 Å². The quantitative estimate of drug-likeness (QED) is 0.0525. The first-order valence-corrected chi connectivity index (χ1v) is 18.7. The molecular weight excluding hydrogens is 762 g/mol. The fourth-order valence-corrected chi connectivity index (χ4v) is 7.64. The molecule has 0 fully saturated rings. The van der Waals surface area contributed by atoms with Crippen molar-refractivity contribution in [3.05, 3.63) is 162 Å². The SMILES string of the molecule is C=Cc1ccc(CN(CCCOCCN(Cc2ccccc2B(O)O)Cc2ccc3ccc4cccc5ccc2c3c45)Cc2ccccc2B=CO)cc1.[Mo]. The molecule has 7 aromatic rings. The van der Waals surface area contributed by atoms with Crippen LogP contribution < -0.4 is 10.9 Å². The van der Waals surface area contributed by atoms with Crippen LogP contribution in [0.2, 0.25) is 0 Å². The molecule has 0 aliphatic carbocycles. The second-order valence-electron chi connectivity index (χ2n) is 14.0. The van der Waals surface area contributed by atoms with E-state index in [0.717, 1.165) is 54.4 Å². The Bertz CT molecular complexity index is 2330. The summed E-state index contributed by atoms with van der Waals surface area (Å²) in [5.41, 5.74) is 7.13. The molecule has 6 nitrogen and oxygen atoms in total. The molecule has 9 heteroatoms. The fourth-order valence-electron chi connectivity index (χ4n) is 7.64. The van der Waals surface area contributed by atoms with Gasteiger partial charge in [-0.05, 0) is 48.9 Å². The van der Waals surface area contributed by atoms with Crippen LogP contribution in [-0.4, -0.2) is 71.4 Å². The average Bonchev–Trinajstić information content (AvgIpc) is 3.20. The summed E-state index contributed by atoms with van der Waals surface area (Å²) >= 11 is 0. The van der Waals surface area contributed by atoms with E-state index in [0.29, 0.717) is 38.3 Å². The number of hydrogen-bond donors (Lipinski definition) is 3. The van der Waals surface area contributed by atoms with Crippen LogP contribution in [0.4, 0.5) is 0 Å². The van der Waals surface area contributed by atoms with E-state index in [1.807, 2.05) is 42.5 Å². The number of benzene rings is 7. The zero-order valence-electron chi connectivity index (χ0n) is 31.1. The summed E-state index contributed by atoms with van der Waals surface area (Å²) in [6.07, 6.45) is 3.82. The van der Waals surface area contributed by atoms with Crippen LogP contribution in [0.1, 0.15) is 34.2 Å². The van der Waals surface area contributed by atoms with Crippen molar-refractivity contribution in [2.45, 2.75) is 32.6 Å². The number of ether oxygens (including phenoxy) is 1. The standard InChI is InChI=1S/C46H46B2N2O4.Mo/c1-2-34-15-17-35(18-16-34)29-49(31-40-9-3-5-13-43(40)47-33-51)25-8-27-54-28-26-50(32-41-10-4-6-14-44(41)48(52)53)30-39-22-21-38-20-19-36-11-7-12-37-23-24-42(39)46(38)45(36)37;/h2-7,9-24,33,51-53H,1,8,25-32H2;. The normalized spacial score (nSPS) is 11.6. The Morgan fingerprint density at radius 1 is 0.618 bits per heavy atom. The molecule has 0 aliphatic heterocycles. The van der Waals surface area contributed by atoms with Crippen LogP contribution in [0.3, 0.4) is 0 Å². The van der Waals surface area contributed by atoms with Crippen LogP contribution in [-0.2, 0) is 52.0 Å². The predicted molar refractivity (Wildman–Crippen MR) is 226 cm³/mol. The van der Waals surface area contributed by atoms with Crippen molar-refractivity contribution in [2.24, 2.45) is 0 Å². The Hall–Kier alpha value is -4.39. The third-order valence-electron chi connectivity index (χ3n) is 10.4. The average molecular weight is 808 g/mol. The van der Waals surface area contributed by atoms with Gasteiger partial charge in [-0.25, -0.2) is 0 Å². The Morgan fingerprint density at radius 3 is 2.00 bits per heavy atom. The van der Waals surface area contributed by atoms with Crippen molar-refractivity contribution in [3.8, 4) is 0 Å². The van der Waals surface area contributed by atoms with E-state index < -0.39 is 7.12 Å². The molecule has 0 bridgehead atoms. The van der Waals surface area contributed by atoms with Gasteiger partial charge < -0.3 is 10.0 Å². The largest absolute Gasteiger partial charge is 0 e. The minimum Gasteiger partial charge on any atom is 0 e. The summed E-state index contributed by atoms with van der Waals surface area (Å²) in [6, 6.07) is 44.0. The van der Waals surface area contributed by atoms with Gasteiger partial charge in [0.1, 0.15) is 0 Å². The Morgan fingerprint density at radius 2 is 1.25 bits per heavy atom. The van der Waals surface area contributed by atoms with Crippen LogP contribution in [0.25, 0.3) is 38.4 Å². The van der Waals surface area contributed by atoms with Crippen molar-refractivity contribution in [2.75, 3.05) is 26.3 Å². The van der Waals surface area contributed by atoms with Gasteiger partial charge >= 0.3 is 182 Å². The third-order valence-corrected chi connectivity index (χ3v) is 10.4. The van der Waals surface area contributed by atoms with Crippen molar-refractivity contribution in [1.82, 2.24) is 9.80 Å². The zero-order chi connectivity index (χ0) is 37.3. The van der Waals surface area contributed by atoms with Gasteiger partial charge in [-0.2, -0.15) is 0 Å². The van der Waals surface area contributed by atoms with Gasteiger partial charge in [-0.3, -0.25) is 0 Å². The Kier molecular flexibility index (Phi) is 14.3. The molecule has 0 radical (unpaired) electrons. The molecule has 0 heterocycles. The second kappa shape index (κ2) is 19.5. The summed E-state index contributed by atoms with van der Waals surface area (Å²) in [5, 5.41) is 37.4. The van der Waals surface area contributed by atoms with Crippen LogP contribution in [0, 0.1) is 0 Å². The third kappa shape index (κ3) is 9.89. The maximum atomic E-state index is 10.2. The molecule has 0 amide bonds. The summed E-state index contributed by atoms with van der Waals surface area (Å²) in [5.74, 6) is 0. The van der Waals surface area contributed by atoms with E-state index in [4.69, 9.17) is 4.74 Å². The number of rotatable bonds is 18. The smallest absolute Gasteiger partial charge is 0 e. The minimum atomic E-state index is -1.54. The van der Waals surface area contributed by atoms with Crippen LogP contribution in [0.15, 0.2) is 134 Å². The van der Waals surface area contributed by atoms with Crippen molar-refractivity contribution >= 4 is 69.5 Å². The molecule has 0 spiro atoms. The monoisotopic (exact) mass is 810 g/mol. The van der Waals surface area contributed by atoms with Crippen molar-refractivity contribution in [3.63, 3.8) is 0 Å².